The summed E-state index contributed by atoms with van der Waals surface area (Å²) in [6, 6.07) is 0. The van der Waals surface area contributed by atoms with Gasteiger partial charge >= 0.3 is 17.9 Å². The molecule has 0 fully saturated rings. The molecule has 0 N–H and O–H groups in total. The molecule has 0 aromatic heterocycles. The predicted octanol–water partition coefficient (Wildman–Crippen LogP) is 14.0. The van der Waals surface area contributed by atoms with E-state index in [0.29, 0.717) is 12.8 Å². The largest absolute Gasteiger partial charge is 0.462 e. The van der Waals surface area contributed by atoms with Crippen LogP contribution in [0, 0.1) is 0 Å². The average Bonchev–Trinajstić information content (AvgIpc) is 3.15. The van der Waals surface area contributed by atoms with Crippen molar-refractivity contribution >= 4 is 17.9 Å². The summed E-state index contributed by atoms with van der Waals surface area (Å²) < 4.78 is 16.5. The molecule has 0 aliphatic heterocycles. The monoisotopic (exact) mass is 743 g/mol. The van der Waals surface area contributed by atoms with Crippen molar-refractivity contribution < 1.29 is 28.6 Å². The van der Waals surface area contributed by atoms with Crippen LogP contribution in [0.1, 0.15) is 213 Å². The van der Waals surface area contributed by atoms with Gasteiger partial charge in [0.1, 0.15) is 13.2 Å². The minimum Gasteiger partial charge on any atom is -0.462 e. The van der Waals surface area contributed by atoms with Gasteiger partial charge in [0.15, 0.2) is 6.10 Å². The lowest BCUT2D eigenvalue weighted by Crippen LogP contribution is -2.30. The third-order valence-corrected chi connectivity index (χ3v) is 9.35. The van der Waals surface area contributed by atoms with Crippen LogP contribution < -0.4 is 0 Å². The minimum atomic E-state index is -0.808. The molecule has 0 aliphatic carbocycles. The second-order valence-electron chi connectivity index (χ2n) is 14.6. The lowest BCUT2D eigenvalue weighted by atomic mass is 10.0. The summed E-state index contributed by atoms with van der Waals surface area (Å²) >= 11 is 0. The van der Waals surface area contributed by atoms with Crippen molar-refractivity contribution in [3.8, 4) is 0 Å². The van der Waals surface area contributed by atoms with E-state index >= 15 is 0 Å². The molecule has 0 saturated heterocycles. The van der Waals surface area contributed by atoms with Crippen LogP contribution >= 0.6 is 0 Å². The lowest BCUT2D eigenvalue weighted by molar-refractivity contribution is -0.166. The van der Waals surface area contributed by atoms with Gasteiger partial charge in [-0.15, -0.1) is 0 Å². The van der Waals surface area contributed by atoms with Crippen molar-refractivity contribution in [1.82, 2.24) is 0 Å². The van der Waals surface area contributed by atoms with Gasteiger partial charge in [-0.25, -0.2) is 0 Å². The molecule has 0 aliphatic rings. The van der Waals surface area contributed by atoms with Gasteiger partial charge in [0.25, 0.3) is 0 Å². The highest BCUT2D eigenvalue weighted by Crippen LogP contribution is 2.15. The second kappa shape index (κ2) is 42.1. The number of unbranched alkanes of at least 4 members (excludes halogenated alkanes) is 21. The fourth-order valence-electron chi connectivity index (χ4n) is 6.01. The first kappa shape index (κ1) is 50.4. The zero-order valence-corrected chi connectivity index (χ0v) is 34.8. The number of carbonyl (C=O) groups excluding carboxylic acids is 3. The van der Waals surface area contributed by atoms with E-state index in [1.165, 1.54) is 96.3 Å². The predicted molar refractivity (Wildman–Crippen MR) is 224 cm³/mol. The number of ether oxygens (including phenoxy) is 3. The second-order valence-corrected chi connectivity index (χ2v) is 14.6. The first-order chi connectivity index (χ1) is 26.0. The normalized spacial score (nSPS) is 12.4. The zero-order valence-electron chi connectivity index (χ0n) is 34.8. The fourth-order valence-corrected chi connectivity index (χ4v) is 6.01. The number of carbonyl (C=O) groups is 3. The lowest BCUT2D eigenvalue weighted by Gasteiger charge is -2.18. The van der Waals surface area contributed by atoms with E-state index < -0.39 is 12.1 Å². The summed E-state index contributed by atoms with van der Waals surface area (Å²) in [4.78, 5) is 37.5. The maximum Gasteiger partial charge on any atom is 0.309 e. The van der Waals surface area contributed by atoms with E-state index in [9.17, 15) is 14.4 Å². The van der Waals surface area contributed by atoms with E-state index in [1.54, 1.807) is 6.08 Å². The Morgan fingerprint density at radius 3 is 1.36 bits per heavy atom. The standard InChI is InChI=1S/C47H82O6/c1-4-7-10-13-16-19-21-22-23-24-25-26-29-31-34-37-40-46(49)52-43-44(42-51-45(48)39-36-33-30-27-18-15-12-9-6-3)53-47(50)41-38-35-32-28-20-17-14-11-8-5-2/h9,12,14,17-18,27,33,36,44H,4-8,10-11,13,15-16,19-26,28-32,34-35,37-43H2,1-3H3/b12-9-,17-14-,27-18-,36-33-. The summed E-state index contributed by atoms with van der Waals surface area (Å²) in [5.74, 6) is -1.05. The molecule has 0 aromatic carbocycles. The molecule has 1 atom stereocenters. The van der Waals surface area contributed by atoms with Gasteiger partial charge in [-0.1, -0.05) is 191 Å². The van der Waals surface area contributed by atoms with Crippen LogP contribution in [0.25, 0.3) is 0 Å². The van der Waals surface area contributed by atoms with Crippen LogP contribution in [0.4, 0.5) is 0 Å². The number of rotatable bonds is 39. The van der Waals surface area contributed by atoms with Crippen LogP contribution in [0.3, 0.4) is 0 Å². The summed E-state index contributed by atoms with van der Waals surface area (Å²) in [5.41, 5.74) is 0. The Morgan fingerprint density at radius 2 is 0.830 bits per heavy atom. The van der Waals surface area contributed by atoms with Crippen LogP contribution in [-0.4, -0.2) is 37.2 Å². The fraction of sp³-hybridized carbons (Fsp3) is 0.766. The molecule has 53 heavy (non-hydrogen) atoms. The first-order valence-corrected chi connectivity index (χ1v) is 22.1. The maximum absolute atomic E-state index is 12.6. The molecular weight excluding hydrogens is 661 g/mol. The number of esters is 3. The van der Waals surface area contributed by atoms with Crippen molar-refractivity contribution in [1.29, 1.82) is 0 Å². The molecule has 0 aromatic rings. The van der Waals surface area contributed by atoms with Gasteiger partial charge in [0.05, 0.1) is 6.42 Å². The topological polar surface area (TPSA) is 78.9 Å². The molecule has 6 heteroatoms. The Bertz CT molecular complexity index is 949. The quantitative estimate of drug-likeness (QED) is 0.0270. The highest BCUT2D eigenvalue weighted by Gasteiger charge is 2.19. The first-order valence-electron chi connectivity index (χ1n) is 22.1. The van der Waals surface area contributed by atoms with Crippen LogP contribution in [0.5, 0.6) is 0 Å². The van der Waals surface area contributed by atoms with Crippen molar-refractivity contribution in [2.45, 2.75) is 219 Å². The molecule has 0 heterocycles. The van der Waals surface area contributed by atoms with Gasteiger partial charge in [0, 0.05) is 12.8 Å². The van der Waals surface area contributed by atoms with Crippen molar-refractivity contribution in [3.05, 3.63) is 48.6 Å². The van der Waals surface area contributed by atoms with E-state index in [1.807, 2.05) is 6.08 Å². The van der Waals surface area contributed by atoms with E-state index in [-0.39, 0.29) is 31.6 Å². The molecule has 0 bridgehead atoms. The van der Waals surface area contributed by atoms with Gasteiger partial charge in [0.2, 0.25) is 0 Å². The number of hydrogen-bond acceptors (Lipinski definition) is 6. The van der Waals surface area contributed by atoms with E-state index in [0.717, 1.165) is 77.0 Å². The smallest absolute Gasteiger partial charge is 0.309 e. The Kier molecular flexibility index (Phi) is 40.0. The zero-order chi connectivity index (χ0) is 38.7. The highest BCUT2D eigenvalue weighted by molar-refractivity contribution is 5.72. The summed E-state index contributed by atoms with van der Waals surface area (Å²) in [6.07, 6.45) is 48.5. The van der Waals surface area contributed by atoms with Crippen molar-refractivity contribution in [2.75, 3.05) is 13.2 Å². The third kappa shape index (κ3) is 40.4. The molecule has 1 unspecified atom stereocenters. The van der Waals surface area contributed by atoms with Gasteiger partial charge < -0.3 is 14.2 Å². The SMILES string of the molecule is CC/C=C\C/C=C\C/C=C\CC(=O)OCC(COC(=O)CCCCCCCCCCCCCCCCCC)OC(=O)CCCCCC/C=C\CCCC. The Hall–Kier alpha value is -2.63. The van der Waals surface area contributed by atoms with Crippen LogP contribution in [-0.2, 0) is 28.6 Å². The van der Waals surface area contributed by atoms with Gasteiger partial charge in [-0.3, -0.25) is 14.4 Å². The molecule has 0 saturated carbocycles. The summed E-state index contributed by atoms with van der Waals surface area (Å²) in [5, 5.41) is 0. The molecule has 0 amide bonds. The number of allylic oxidation sites excluding steroid dienone is 7. The minimum absolute atomic E-state index is 0.103. The van der Waals surface area contributed by atoms with Crippen LogP contribution in [0.2, 0.25) is 0 Å². The van der Waals surface area contributed by atoms with E-state index in [2.05, 4.69) is 57.2 Å². The van der Waals surface area contributed by atoms with E-state index in [4.69, 9.17) is 14.2 Å². The summed E-state index contributed by atoms with van der Waals surface area (Å²) in [7, 11) is 0. The molecule has 0 radical (unpaired) electrons. The van der Waals surface area contributed by atoms with Gasteiger partial charge in [-0.05, 0) is 51.4 Å². The average molecular weight is 743 g/mol. The molecule has 306 valence electrons. The molecule has 0 spiro atoms. The third-order valence-electron chi connectivity index (χ3n) is 9.35. The molecular formula is C47H82O6. The Labute approximate surface area is 327 Å². The maximum atomic E-state index is 12.6. The molecule has 6 nitrogen and oxygen atoms in total. The van der Waals surface area contributed by atoms with Crippen molar-refractivity contribution in [2.24, 2.45) is 0 Å². The Balaban J connectivity index is 4.36. The number of hydrogen-bond donors (Lipinski definition) is 0. The van der Waals surface area contributed by atoms with Crippen molar-refractivity contribution in [3.63, 3.8) is 0 Å². The molecule has 0 rings (SSSR count). The van der Waals surface area contributed by atoms with Crippen LogP contribution in [0.15, 0.2) is 48.6 Å². The highest BCUT2D eigenvalue weighted by atomic mass is 16.6. The Morgan fingerprint density at radius 1 is 0.415 bits per heavy atom. The van der Waals surface area contributed by atoms with Gasteiger partial charge in [-0.2, -0.15) is 0 Å². The summed E-state index contributed by atoms with van der Waals surface area (Å²) in [6.45, 7) is 6.36.